The molecule has 110 valence electrons. The molecule has 2 heterocycles. The Kier molecular flexibility index (Phi) is 4.46. The van der Waals surface area contributed by atoms with Gasteiger partial charge in [0.15, 0.2) is 0 Å². The van der Waals surface area contributed by atoms with Crippen molar-refractivity contribution in [3.8, 4) is 0 Å². The second-order valence-electron chi connectivity index (χ2n) is 5.72. The Morgan fingerprint density at radius 3 is 2.71 bits per heavy atom. The van der Waals surface area contributed by atoms with Crippen LogP contribution in [0.15, 0.2) is 42.7 Å². The Labute approximate surface area is 126 Å². The van der Waals surface area contributed by atoms with E-state index >= 15 is 0 Å². The van der Waals surface area contributed by atoms with E-state index in [9.17, 15) is 0 Å². The molecular weight excluding hydrogens is 260 g/mol. The molecule has 1 unspecified atom stereocenters. The Morgan fingerprint density at radius 1 is 1.19 bits per heavy atom. The Balaban J connectivity index is 1.55. The molecule has 21 heavy (non-hydrogen) atoms. The van der Waals surface area contributed by atoms with Crippen molar-refractivity contribution in [3.63, 3.8) is 0 Å². The summed E-state index contributed by atoms with van der Waals surface area (Å²) in [6.45, 7) is 5.12. The van der Waals surface area contributed by atoms with Crippen molar-refractivity contribution >= 4 is 5.95 Å². The van der Waals surface area contributed by atoms with Gasteiger partial charge >= 0.3 is 0 Å². The number of aromatic nitrogens is 2. The van der Waals surface area contributed by atoms with E-state index in [1.54, 1.807) is 0 Å². The summed E-state index contributed by atoms with van der Waals surface area (Å²) in [4.78, 5) is 11.2. The summed E-state index contributed by atoms with van der Waals surface area (Å²) in [5, 5.41) is 3.37. The summed E-state index contributed by atoms with van der Waals surface area (Å²) in [6.07, 6.45) is 6.22. The fraction of sp³-hybridized carbons (Fsp3) is 0.412. The lowest BCUT2D eigenvalue weighted by molar-refractivity contribution is 0.254. The highest BCUT2D eigenvalue weighted by Crippen LogP contribution is 2.20. The van der Waals surface area contributed by atoms with E-state index in [0.717, 1.165) is 24.6 Å². The van der Waals surface area contributed by atoms with Crippen LogP contribution in [0.4, 0.5) is 5.95 Å². The summed E-state index contributed by atoms with van der Waals surface area (Å²) in [5.41, 5.74) is 2.48. The normalized spacial score (nSPS) is 18.8. The number of aryl methyl sites for hydroxylation is 1. The third-order valence-corrected chi connectivity index (χ3v) is 4.00. The van der Waals surface area contributed by atoms with Crippen LogP contribution in [0.25, 0.3) is 0 Å². The first-order valence-electron chi connectivity index (χ1n) is 7.62. The van der Waals surface area contributed by atoms with E-state index in [0.29, 0.717) is 6.04 Å². The molecule has 4 nitrogen and oxygen atoms in total. The molecule has 1 N–H and O–H groups in total. The third-order valence-electron chi connectivity index (χ3n) is 4.00. The largest absolute Gasteiger partial charge is 0.353 e. The lowest BCUT2D eigenvalue weighted by atomic mass is 10.2. The summed E-state index contributed by atoms with van der Waals surface area (Å²) in [6, 6.07) is 11.3. The monoisotopic (exact) mass is 282 g/mol. The quantitative estimate of drug-likeness (QED) is 0.915. The molecule has 0 spiro atoms. The number of nitrogens with one attached hydrogen (secondary N) is 1. The maximum Gasteiger partial charge on any atom is 0.222 e. The van der Waals surface area contributed by atoms with E-state index in [-0.39, 0.29) is 0 Å². The molecule has 2 aromatic rings. The van der Waals surface area contributed by atoms with E-state index in [4.69, 9.17) is 0 Å². The summed E-state index contributed by atoms with van der Waals surface area (Å²) in [5.74, 6) is 0.729. The first-order chi connectivity index (χ1) is 10.3. The van der Waals surface area contributed by atoms with Crippen LogP contribution in [-0.2, 0) is 6.54 Å². The van der Waals surface area contributed by atoms with Crippen LogP contribution in [0.2, 0.25) is 0 Å². The molecule has 1 fully saturated rings. The van der Waals surface area contributed by atoms with Gasteiger partial charge in [-0.2, -0.15) is 0 Å². The molecule has 1 aliphatic rings. The van der Waals surface area contributed by atoms with Crippen molar-refractivity contribution < 1.29 is 0 Å². The van der Waals surface area contributed by atoms with Crippen LogP contribution >= 0.6 is 0 Å². The van der Waals surface area contributed by atoms with Gasteiger partial charge in [0.25, 0.3) is 0 Å². The summed E-state index contributed by atoms with van der Waals surface area (Å²) >= 11 is 0. The molecule has 3 rings (SSSR count). The van der Waals surface area contributed by atoms with Crippen LogP contribution < -0.4 is 5.32 Å². The molecule has 0 amide bonds. The van der Waals surface area contributed by atoms with Crippen molar-refractivity contribution in [2.75, 3.05) is 18.4 Å². The van der Waals surface area contributed by atoms with Gasteiger partial charge < -0.3 is 5.32 Å². The molecule has 1 atom stereocenters. The van der Waals surface area contributed by atoms with Crippen LogP contribution in [0.3, 0.4) is 0 Å². The van der Waals surface area contributed by atoms with E-state index in [1.807, 2.05) is 19.3 Å². The highest BCUT2D eigenvalue weighted by molar-refractivity contribution is 5.24. The fourth-order valence-electron chi connectivity index (χ4n) is 2.85. The van der Waals surface area contributed by atoms with E-state index in [1.165, 1.54) is 24.9 Å². The summed E-state index contributed by atoms with van der Waals surface area (Å²) in [7, 11) is 0. The molecule has 0 aliphatic carbocycles. The number of rotatable bonds is 5. The minimum atomic E-state index is 0.565. The van der Waals surface area contributed by atoms with E-state index < -0.39 is 0 Å². The minimum absolute atomic E-state index is 0.565. The second-order valence-corrected chi connectivity index (χ2v) is 5.72. The molecule has 0 radical (unpaired) electrons. The van der Waals surface area contributed by atoms with Gasteiger partial charge in [-0.05, 0) is 37.4 Å². The fourth-order valence-corrected chi connectivity index (χ4v) is 2.85. The lowest BCUT2D eigenvalue weighted by Crippen LogP contribution is -2.34. The van der Waals surface area contributed by atoms with Crippen LogP contribution in [0.1, 0.15) is 24.0 Å². The number of nitrogens with zero attached hydrogens (tertiary/aromatic N) is 3. The van der Waals surface area contributed by atoms with Crippen molar-refractivity contribution in [2.24, 2.45) is 0 Å². The van der Waals surface area contributed by atoms with Crippen LogP contribution in [-0.4, -0.2) is 34.0 Å². The standard InChI is InChI=1S/C17H22N4/c1-14-10-18-17(19-11-14)20-12-16-8-5-9-21(16)13-15-6-3-2-4-7-15/h2-4,6-7,10-11,16H,5,8-9,12-13H2,1H3,(H,18,19,20). The zero-order valence-electron chi connectivity index (χ0n) is 12.5. The zero-order chi connectivity index (χ0) is 14.5. The van der Waals surface area contributed by atoms with Gasteiger partial charge in [-0.3, -0.25) is 4.90 Å². The smallest absolute Gasteiger partial charge is 0.222 e. The first-order valence-corrected chi connectivity index (χ1v) is 7.62. The topological polar surface area (TPSA) is 41.1 Å². The van der Waals surface area contributed by atoms with Crippen molar-refractivity contribution in [2.45, 2.75) is 32.4 Å². The van der Waals surface area contributed by atoms with Gasteiger partial charge in [-0.15, -0.1) is 0 Å². The molecule has 1 saturated heterocycles. The zero-order valence-corrected chi connectivity index (χ0v) is 12.5. The number of hydrogen-bond acceptors (Lipinski definition) is 4. The molecular formula is C17H22N4. The highest BCUT2D eigenvalue weighted by atomic mass is 15.2. The van der Waals surface area contributed by atoms with E-state index in [2.05, 4.69) is 50.5 Å². The molecule has 4 heteroatoms. The Bertz CT molecular complexity index is 553. The van der Waals surface area contributed by atoms with Gasteiger partial charge in [0.1, 0.15) is 0 Å². The maximum absolute atomic E-state index is 4.31. The van der Waals surface area contributed by atoms with Gasteiger partial charge in [-0.1, -0.05) is 30.3 Å². The average Bonchev–Trinajstić information content (AvgIpc) is 2.95. The predicted octanol–water partition coefficient (Wildman–Crippen LogP) is 2.86. The van der Waals surface area contributed by atoms with Crippen molar-refractivity contribution in [1.29, 1.82) is 0 Å². The molecule has 1 aliphatic heterocycles. The van der Waals surface area contributed by atoms with Gasteiger partial charge in [0.2, 0.25) is 5.95 Å². The highest BCUT2D eigenvalue weighted by Gasteiger charge is 2.24. The number of likely N-dealkylation sites (tertiary alicyclic amines) is 1. The second kappa shape index (κ2) is 6.68. The summed E-state index contributed by atoms with van der Waals surface area (Å²) < 4.78 is 0. The average molecular weight is 282 g/mol. The van der Waals surface area contributed by atoms with Gasteiger partial charge in [-0.25, -0.2) is 9.97 Å². The maximum atomic E-state index is 4.31. The lowest BCUT2D eigenvalue weighted by Gasteiger charge is -2.24. The van der Waals surface area contributed by atoms with Crippen LogP contribution in [0.5, 0.6) is 0 Å². The number of anilines is 1. The third kappa shape index (κ3) is 3.79. The SMILES string of the molecule is Cc1cnc(NCC2CCCN2Cc2ccccc2)nc1. The molecule has 0 saturated carbocycles. The van der Waals surface area contributed by atoms with Crippen LogP contribution in [0, 0.1) is 6.92 Å². The van der Waals surface area contributed by atoms with Crippen molar-refractivity contribution in [3.05, 3.63) is 53.9 Å². The number of benzene rings is 1. The molecule has 1 aromatic carbocycles. The Hall–Kier alpha value is -1.94. The molecule has 1 aromatic heterocycles. The molecule has 0 bridgehead atoms. The minimum Gasteiger partial charge on any atom is -0.353 e. The predicted molar refractivity (Wildman–Crippen MR) is 85.1 cm³/mol. The van der Waals surface area contributed by atoms with Gasteiger partial charge in [0, 0.05) is 31.5 Å². The Morgan fingerprint density at radius 2 is 1.95 bits per heavy atom. The van der Waals surface area contributed by atoms with Gasteiger partial charge in [0.05, 0.1) is 0 Å². The van der Waals surface area contributed by atoms with Crippen molar-refractivity contribution in [1.82, 2.24) is 14.9 Å². The number of hydrogen-bond donors (Lipinski definition) is 1. The first kappa shape index (κ1) is 14.0.